The molecule has 1 rings (SSSR count). The minimum atomic E-state index is 0.530. The highest BCUT2D eigenvalue weighted by Gasteiger charge is 2.05. The summed E-state index contributed by atoms with van der Waals surface area (Å²) >= 11 is 3.51. The average Bonchev–Trinajstić information content (AvgIpc) is 2.35. The second kappa shape index (κ2) is 6.70. The zero-order valence-corrected chi connectivity index (χ0v) is 12.4. The van der Waals surface area contributed by atoms with Crippen molar-refractivity contribution in [2.24, 2.45) is 5.92 Å². The van der Waals surface area contributed by atoms with Crippen LogP contribution in [0.4, 0.5) is 0 Å². The Bertz CT molecular complexity index is 397. The van der Waals surface area contributed by atoms with Gasteiger partial charge in [-0.25, -0.2) is 0 Å². The standard InChI is InChI=1S/C14H19BrO2/c1-10(2)12(9-15)7-11-5-6-13(16-3)14(8-11)17-4/h5-8,10H,9H2,1-4H3. The van der Waals surface area contributed by atoms with Gasteiger partial charge in [-0.15, -0.1) is 0 Å². The lowest BCUT2D eigenvalue weighted by Crippen LogP contribution is -1.95. The van der Waals surface area contributed by atoms with Gasteiger partial charge >= 0.3 is 0 Å². The van der Waals surface area contributed by atoms with E-state index >= 15 is 0 Å². The first-order valence-electron chi connectivity index (χ1n) is 5.60. The third-order valence-electron chi connectivity index (χ3n) is 2.66. The Morgan fingerprint density at radius 2 is 1.88 bits per heavy atom. The lowest BCUT2D eigenvalue weighted by atomic mass is 10.0. The molecule has 0 radical (unpaired) electrons. The van der Waals surface area contributed by atoms with Crippen molar-refractivity contribution in [3.63, 3.8) is 0 Å². The van der Waals surface area contributed by atoms with E-state index in [4.69, 9.17) is 9.47 Å². The maximum absolute atomic E-state index is 5.29. The number of allylic oxidation sites excluding steroid dienone is 1. The largest absolute Gasteiger partial charge is 0.493 e. The van der Waals surface area contributed by atoms with Crippen LogP contribution in [0.3, 0.4) is 0 Å². The van der Waals surface area contributed by atoms with E-state index in [2.05, 4.69) is 35.9 Å². The third kappa shape index (κ3) is 3.77. The van der Waals surface area contributed by atoms with E-state index in [0.29, 0.717) is 5.92 Å². The molecule has 0 spiro atoms. The Balaban J connectivity index is 3.07. The molecule has 0 heterocycles. The third-order valence-corrected chi connectivity index (χ3v) is 3.30. The fourth-order valence-corrected chi connectivity index (χ4v) is 2.33. The van der Waals surface area contributed by atoms with Crippen molar-refractivity contribution in [1.82, 2.24) is 0 Å². The quantitative estimate of drug-likeness (QED) is 0.761. The van der Waals surface area contributed by atoms with Gasteiger partial charge in [0, 0.05) is 5.33 Å². The highest BCUT2D eigenvalue weighted by Crippen LogP contribution is 2.29. The van der Waals surface area contributed by atoms with E-state index in [0.717, 1.165) is 22.4 Å². The van der Waals surface area contributed by atoms with Gasteiger partial charge in [-0.05, 0) is 23.6 Å². The van der Waals surface area contributed by atoms with Crippen molar-refractivity contribution < 1.29 is 9.47 Å². The molecule has 94 valence electrons. The Labute approximate surface area is 112 Å². The summed E-state index contributed by atoms with van der Waals surface area (Å²) in [5, 5.41) is 0.888. The summed E-state index contributed by atoms with van der Waals surface area (Å²) in [4.78, 5) is 0. The van der Waals surface area contributed by atoms with Crippen molar-refractivity contribution in [3.05, 3.63) is 29.3 Å². The topological polar surface area (TPSA) is 18.5 Å². The van der Waals surface area contributed by atoms with Crippen LogP contribution in [-0.2, 0) is 0 Å². The van der Waals surface area contributed by atoms with Crippen LogP contribution in [-0.4, -0.2) is 19.5 Å². The van der Waals surface area contributed by atoms with Crippen LogP contribution in [0.15, 0.2) is 23.8 Å². The minimum Gasteiger partial charge on any atom is -0.493 e. The molecule has 0 unspecified atom stereocenters. The Morgan fingerprint density at radius 1 is 1.24 bits per heavy atom. The Morgan fingerprint density at radius 3 is 2.35 bits per heavy atom. The molecule has 1 aromatic carbocycles. The number of alkyl halides is 1. The van der Waals surface area contributed by atoms with Crippen LogP contribution in [0.2, 0.25) is 0 Å². The molecule has 2 nitrogen and oxygen atoms in total. The van der Waals surface area contributed by atoms with E-state index in [-0.39, 0.29) is 0 Å². The summed E-state index contributed by atoms with van der Waals surface area (Å²) in [6, 6.07) is 5.95. The van der Waals surface area contributed by atoms with Crippen molar-refractivity contribution in [2.45, 2.75) is 13.8 Å². The van der Waals surface area contributed by atoms with Gasteiger partial charge in [-0.3, -0.25) is 0 Å². The molecule has 3 heteroatoms. The molecule has 17 heavy (non-hydrogen) atoms. The number of rotatable bonds is 5. The second-order valence-corrected chi connectivity index (χ2v) is 4.68. The summed E-state index contributed by atoms with van der Waals surface area (Å²) in [5.41, 5.74) is 2.49. The number of hydrogen-bond acceptors (Lipinski definition) is 2. The number of methoxy groups -OCH3 is 2. The van der Waals surface area contributed by atoms with Gasteiger partial charge < -0.3 is 9.47 Å². The highest BCUT2D eigenvalue weighted by atomic mass is 79.9. The van der Waals surface area contributed by atoms with Crippen molar-refractivity contribution in [2.75, 3.05) is 19.5 Å². The van der Waals surface area contributed by atoms with Gasteiger partial charge in [0.1, 0.15) is 0 Å². The van der Waals surface area contributed by atoms with Gasteiger partial charge in [-0.2, -0.15) is 0 Å². The van der Waals surface area contributed by atoms with E-state index in [1.165, 1.54) is 5.57 Å². The number of hydrogen-bond donors (Lipinski definition) is 0. The van der Waals surface area contributed by atoms with Crippen LogP contribution in [0.25, 0.3) is 6.08 Å². The minimum absolute atomic E-state index is 0.530. The molecule has 0 aliphatic heterocycles. The number of halogens is 1. The van der Waals surface area contributed by atoms with Gasteiger partial charge in [-0.1, -0.05) is 47.5 Å². The zero-order chi connectivity index (χ0) is 12.8. The number of ether oxygens (including phenoxy) is 2. The van der Waals surface area contributed by atoms with Crippen molar-refractivity contribution >= 4 is 22.0 Å². The summed E-state index contributed by atoms with van der Waals surface area (Å²) < 4.78 is 10.5. The normalized spacial score (nSPS) is 11.8. The maximum Gasteiger partial charge on any atom is 0.161 e. The zero-order valence-electron chi connectivity index (χ0n) is 10.8. The fraction of sp³-hybridized carbons (Fsp3) is 0.429. The molecule has 0 N–H and O–H groups in total. The van der Waals surface area contributed by atoms with E-state index in [1.807, 2.05) is 18.2 Å². The van der Waals surface area contributed by atoms with E-state index in [9.17, 15) is 0 Å². The molecule has 0 aromatic heterocycles. The van der Waals surface area contributed by atoms with E-state index < -0.39 is 0 Å². The van der Waals surface area contributed by atoms with Crippen LogP contribution < -0.4 is 9.47 Å². The maximum atomic E-state index is 5.29. The monoisotopic (exact) mass is 298 g/mol. The van der Waals surface area contributed by atoms with Crippen LogP contribution in [0.1, 0.15) is 19.4 Å². The Kier molecular flexibility index (Phi) is 5.56. The molecule has 1 aromatic rings. The lowest BCUT2D eigenvalue weighted by Gasteiger charge is -2.10. The molecule has 0 amide bonds. The molecule has 0 atom stereocenters. The first-order valence-corrected chi connectivity index (χ1v) is 6.73. The predicted octanol–water partition coefficient (Wildman–Crippen LogP) is 4.14. The first-order chi connectivity index (χ1) is 8.12. The first kappa shape index (κ1) is 14.1. The van der Waals surface area contributed by atoms with Gasteiger partial charge in [0.25, 0.3) is 0 Å². The van der Waals surface area contributed by atoms with Gasteiger partial charge in [0.15, 0.2) is 11.5 Å². The summed E-state index contributed by atoms with van der Waals surface area (Å²) in [6.45, 7) is 4.38. The molecule has 0 fully saturated rings. The van der Waals surface area contributed by atoms with Crippen LogP contribution in [0.5, 0.6) is 11.5 Å². The Hall–Kier alpha value is -0.960. The molecule has 0 aliphatic carbocycles. The fourth-order valence-electron chi connectivity index (χ4n) is 1.52. The number of benzene rings is 1. The van der Waals surface area contributed by atoms with Crippen molar-refractivity contribution in [3.8, 4) is 11.5 Å². The molecule has 0 bridgehead atoms. The lowest BCUT2D eigenvalue weighted by molar-refractivity contribution is 0.355. The summed E-state index contributed by atoms with van der Waals surface area (Å²) in [5.74, 6) is 2.05. The molecular formula is C14H19BrO2. The SMILES string of the molecule is COc1ccc(C=C(CBr)C(C)C)cc1OC. The second-order valence-electron chi connectivity index (χ2n) is 4.12. The van der Waals surface area contributed by atoms with Gasteiger partial charge in [0.05, 0.1) is 14.2 Å². The van der Waals surface area contributed by atoms with Crippen LogP contribution >= 0.6 is 15.9 Å². The molecule has 0 aliphatic rings. The predicted molar refractivity (Wildman–Crippen MR) is 76.2 cm³/mol. The van der Waals surface area contributed by atoms with Crippen molar-refractivity contribution in [1.29, 1.82) is 0 Å². The van der Waals surface area contributed by atoms with Gasteiger partial charge in [0.2, 0.25) is 0 Å². The summed E-state index contributed by atoms with van der Waals surface area (Å²) in [7, 11) is 3.30. The average molecular weight is 299 g/mol. The van der Waals surface area contributed by atoms with E-state index in [1.54, 1.807) is 14.2 Å². The molecule has 0 saturated carbocycles. The molecular weight excluding hydrogens is 280 g/mol. The molecule has 0 saturated heterocycles. The van der Waals surface area contributed by atoms with Crippen LogP contribution in [0, 0.1) is 5.92 Å². The summed E-state index contributed by atoms with van der Waals surface area (Å²) in [6.07, 6.45) is 2.18. The highest BCUT2D eigenvalue weighted by molar-refractivity contribution is 9.09. The smallest absolute Gasteiger partial charge is 0.161 e.